The van der Waals surface area contributed by atoms with Crippen LogP contribution in [0.25, 0.3) is 0 Å². The summed E-state index contributed by atoms with van der Waals surface area (Å²) < 4.78 is 61.7. The Morgan fingerprint density at radius 3 is 2.17 bits per heavy atom. The molecule has 0 bridgehead atoms. The first-order chi connectivity index (χ1) is 8.18. The zero-order chi connectivity index (χ0) is 13.9. The van der Waals surface area contributed by atoms with E-state index < -0.39 is 28.3 Å². The average Bonchev–Trinajstić information content (AvgIpc) is 2.73. The van der Waals surface area contributed by atoms with Crippen molar-refractivity contribution in [2.24, 2.45) is 5.41 Å². The fourth-order valence-electron chi connectivity index (χ4n) is 1.99. The Bertz CT molecular complexity index is 364. The van der Waals surface area contributed by atoms with Gasteiger partial charge < -0.3 is 5.11 Å². The second kappa shape index (κ2) is 5.72. The zero-order valence-corrected chi connectivity index (χ0v) is 10.6. The van der Waals surface area contributed by atoms with Gasteiger partial charge in [-0.15, -0.1) is 0 Å². The molecule has 0 heterocycles. The van der Waals surface area contributed by atoms with E-state index in [-0.39, 0.29) is 13.2 Å². The molecule has 0 amide bonds. The summed E-state index contributed by atoms with van der Waals surface area (Å²) in [6, 6.07) is 0. The van der Waals surface area contributed by atoms with Crippen LogP contribution < -0.4 is 9.44 Å². The van der Waals surface area contributed by atoms with Crippen molar-refractivity contribution in [1.82, 2.24) is 9.44 Å². The normalized spacial score (nSPS) is 20.2. The topological polar surface area (TPSA) is 78.4 Å². The maximum Gasteiger partial charge on any atom is 0.402 e. The molecule has 5 nitrogen and oxygen atoms in total. The third-order valence-electron chi connectivity index (χ3n) is 3.10. The highest BCUT2D eigenvalue weighted by Crippen LogP contribution is 2.36. The molecular weight excluding hydrogens is 273 g/mol. The van der Waals surface area contributed by atoms with Crippen molar-refractivity contribution >= 4 is 10.2 Å². The number of hydrogen-bond acceptors (Lipinski definition) is 3. The fourth-order valence-corrected chi connectivity index (χ4v) is 2.94. The number of nitrogens with one attached hydrogen (secondary N) is 2. The number of hydrogen-bond donors (Lipinski definition) is 3. The van der Waals surface area contributed by atoms with Gasteiger partial charge in [0.1, 0.15) is 6.54 Å². The smallest absolute Gasteiger partial charge is 0.396 e. The van der Waals surface area contributed by atoms with Crippen LogP contribution in [0.5, 0.6) is 0 Å². The molecule has 0 saturated heterocycles. The Morgan fingerprint density at radius 1 is 1.17 bits per heavy atom. The molecule has 1 saturated carbocycles. The van der Waals surface area contributed by atoms with E-state index in [1.807, 2.05) is 0 Å². The maximum absolute atomic E-state index is 11.9. The molecule has 0 spiro atoms. The molecule has 1 aliphatic rings. The van der Waals surface area contributed by atoms with Gasteiger partial charge in [0.05, 0.1) is 0 Å². The van der Waals surface area contributed by atoms with Gasteiger partial charge in [0.25, 0.3) is 10.2 Å². The van der Waals surface area contributed by atoms with Crippen LogP contribution in [-0.4, -0.2) is 39.4 Å². The predicted molar refractivity (Wildman–Crippen MR) is 59.0 cm³/mol. The first kappa shape index (κ1) is 15.7. The summed E-state index contributed by atoms with van der Waals surface area (Å²) in [6.07, 6.45) is -1.47. The Hall–Kier alpha value is -0.380. The molecule has 0 unspecified atom stereocenters. The second-order valence-electron chi connectivity index (χ2n) is 4.63. The van der Waals surface area contributed by atoms with Gasteiger partial charge in [-0.05, 0) is 12.8 Å². The lowest BCUT2D eigenvalue weighted by Gasteiger charge is -2.26. The van der Waals surface area contributed by atoms with Crippen LogP contribution in [0.1, 0.15) is 25.7 Å². The van der Waals surface area contributed by atoms with Crippen LogP contribution in [0.2, 0.25) is 0 Å². The van der Waals surface area contributed by atoms with Gasteiger partial charge in [0.2, 0.25) is 0 Å². The van der Waals surface area contributed by atoms with Gasteiger partial charge in [0, 0.05) is 18.6 Å². The molecule has 3 N–H and O–H groups in total. The summed E-state index contributed by atoms with van der Waals surface area (Å²) in [6.45, 7) is -1.82. The van der Waals surface area contributed by atoms with E-state index in [0.29, 0.717) is 12.8 Å². The van der Waals surface area contributed by atoms with Crippen molar-refractivity contribution in [1.29, 1.82) is 0 Å². The number of aliphatic hydroxyl groups excluding tert-OH is 1. The molecular formula is C9H17F3N2O3S. The van der Waals surface area contributed by atoms with E-state index in [2.05, 4.69) is 4.72 Å². The summed E-state index contributed by atoms with van der Waals surface area (Å²) in [5.41, 5.74) is -0.535. The molecule has 0 atom stereocenters. The van der Waals surface area contributed by atoms with Crippen molar-refractivity contribution in [3.05, 3.63) is 0 Å². The lowest BCUT2D eigenvalue weighted by Crippen LogP contribution is -2.46. The summed E-state index contributed by atoms with van der Waals surface area (Å²) >= 11 is 0. The Balaban J connectivity index is 2.46. The molecule has 1 rings (SSSR count). The summed E-state index contributed by atoms with van der Waals surface area (Å²) in [7, 11) is -4.18. The third-order valence-corrected chi connectivity index (χ3v) is 4.15. The standard InChI is InChI=1S/C9H17F3N2O3S/c10-9(11,12)6-14-18(16,17)13-5-8(7-15)3-1-2-4-8/h13-15H,1-7H2. The summed E-state index contributed by atoms with van der Waals surface area (Å²) in [5, 5.41) is 9.24. The van der Waals surface area contributed by atoms with E-state index in [0.717, 1.165) is 12.8 Å². The van der Waals surface area contributed by atoms with Gasteiger partial charge in [0.15, 0.2) is 0 Å². The van der Waals surface area contributed by atoms with E-state index in [1.54, 1.807) is 0 Å². The Kier molecular flexibility index (Phi) is 4.98. The van der Waals surface area contributed by atoms with Gasteiger partial charge in [-0.2, -0.15) is 26.3 Å². The van der Waals surface area contributed by atoms with E-state index >= 15 is 0 Å². The van der Waals surface area contributed by atoms with Crippen LogP contribution >= 0.6 is 0 Å². The van der Waals surface area contributed by atoms with Crippen LogP contribution in [0.3, 0.4) is 0 Å². The van der Waals surface area contributed by atoms with Crippen LogP contribution in [0.4, 0.5) is 13.2 Å². The van der Waals surface area contributed by atoms with Gasteiger partial charge >= 0.3 is 6.18 Å². The van der Waals surface area contributed by atoms with Gasteiger partial charge in [-0.3, -0.25) is 0 Å². The first-order valence-corrected chi connectivity index (χ1v) is 7.08. The summed E-state index contributed by atoms with van der Waals surface area (Å²) in [5.74, 6) is 0. The molecule has 1 aliphatic carbocycles. The predicted octanol–water partition coefficient (Wildman–Crippen LogP) is 0.525. The van der Waals surface area contributed by atoms with Crippen molar-refractivity contribution < 1.29 is 26.7 Å². The molecule has 1 fully saturated rings. The minimum atomic E-state index is -4.59. The highest BCUT2D eigenvalue weighted by Gasteiger charge is 2.35. The van der Waals surface area contributed by atoms with Crippen LogP contribution in [-0.2, 0) is 10.2 Å². The average molecular weight is 290 g/mol. The highest BCUT2D eigenvalue weighted by atomic mass is 32.2. The minimum Gasteiger partial charge on any atom is -0.396 e. The van der Waals surface area contributed by atoms with Crippen molar-refractivity contribution in [2.45, 2.75) is 31.9 Å². The molecule has 0 aromatic heterocycles. The molecule has 0 radical (unpaired) electrons. The molecule has 0 aromatic carbocycles. The van der Waals surface area contributed by atoms with E-state index in [1.165, 1.54) is 4.72 Å². The fraction of sp³-hybridized carbons (Fsp3) is 1.00. The van der Waals surface area contributed by atoms with Crippen molar-refractivity contribution in [2.75, 3.05) is 19.7 Å². The van der Waals surface area contributed by atoms with Gasteiger partial charge in [-0.25, -0.2) is 4.72 Å². The largest absolute Gasteiger partial charge is 0.402 e. The number of alkyl halides is 3. The maximum atomic E-state index is 11.9. The SMILES string of the molecule is O=S(=O)(NCC(F)(F)F)NCC1(CO)CCCC1. The number of rotatable bonds is 6. The lowest BCUT2D eigenvalue weighted by molar-refractivity contribution is -0.121. The quantitative estimate of drug-likeness (QED) is 0.667. The molecule has 9 heteroatoms. The zero-order valence-electron chi connectivity index (χ0n) is 9.76. The number of halogens is 3. The molecule has 108 valence electrons. The van der Waals surface area contributed by atoms with E-state index in [4.69, 9.17) is 0 Å². The highest BCUT2D eigenvalue weighted by molar-refractivity contribution is 7.87. The third kappa shape index (κ3) is 5.09. The first-order valence-electron chi connectivity index (χ1n) is 5.60. The van der Waals surface area contributed by atoms with Crippen molar-refractivity contribution in [3.63, 3.8) is 0 Å². The second-order valence-corrected chi connectivity index (χ2v) is 6.21. The van der Waals surface area contributed by atoms with E-state index in [9.17, 15) is 26.7 Å². The van der Waals surface area contributed by atoms with Crippen LogP contribution in [0, 0.1) is 5.41 Å². The molecule has 18 heavy (non-hydrogen) atoms. The van der Waals surface area contributed by atoms with Crippen LogP contribution in [0.15, 0.2) is 0 Å². The Morgan fingerprint density at radius 2 is 1.72 bits per heavy atom. The summed E-state index contributed by atoms with van der Waals surface area (Å²) in [4.78, 5) is 0. The van der Waals surface area contributed by atoms with Gasteiger partial charge in [-0.1, -0.05) is 12.8 Å². The molecule has 0 aliphatic heterocycles. The Labute approximate surface area is 104 Å². The monoisotopic (exact) mass is 290 g/mol. The number of aliphatic hydroxyl groups is 1. The minimum absolute atomic E-state index is 0.0449. The van der Waals surface area contributed by atoms with Crippen molar-refractivity contribution in [3.8, 4) is 0 Å². The lowest BCUT2D eigenvalue weighted by atomic mass is 9.88. The molecule has 0 aromatic rings.